The van der Waals surface area contributed by atoms with Gasteiger partial charge in [0.2, 0.25) is 0 Å². The lowest BCUT2D eigenvalue weighted by atomic mass is 10.1. The molecule has 0 saturated heterocycles. The molecule has 1 N–H and O–H groups in total. The summed E-state index contributed by atoms with van der Waals surface area (Å²) in [5.41, 5.74) is 0. The summed E-state index contributed by atoms with van der Waals surface area (Å²) in [4.78, 5) is 22.6. The van der Waals surface area contributed by atoms with Crippen molar-refractivity contribution in [3.63, 3.8) is 0 Å². The van der Waals surface area contributed by atoms with Crippen molar-refractivity contribution in [2.24, 2.45) is 0 Å². The molecular weight excluding hydrogens is 299 g/mol. The Hall–Kier alpha value is -1.01. The SMILES string of the molecule is CCOC(=O)CC(=O)C[C@@H](O)/C=C/P(=O)(OCC)OCC. The van der Waals surface area contributed by atoms with E-state index in [1.54, 1.807) is 20.8 Å². The Morgan fingerprint density at radius 1 is 1.14 bits per heavy atom. The molecule has 0 rings (SSSR count). The van der Waals surface area contributed by atoms with Crippen LogP contribution in [0.3, 0.4) is 0 Å². The molecule has 8 heteroatoms. The highest BCUT2D eigenvalue weighted by atomic mass is 31.2. The standard InChI is InChI=1S/C13H23O7P/c1-4-18-13(16)10-12(15)9-11(14)7-8-21(17,19-5-2)20-6-3/h7-8,11,14H,4-6,9-10H2,1-3H3/b8-7+/t11-/m0/s1. The molecule has 0 aliphatic rings. The first kappa shape index (κ1) is 20.0. The zero-order chi connectivity index (χ0) is 16.3. The first-order valence-corrected chi connectivity index (χ1v) is 8.41. The molecule has 0 aliphatic heterocycles. The second-order valence-electron chi connectivity index (χ2n) is 4.01. The van der Waals surface area contributed by atoms with Gasteiger partial charge in [-0.1, -0.05) is 0 Å². The predicted molar refractivity (Wildman–Crippen MR) is 76.9 cm³/mol. The number of aliphatic hydroxyl groups excluding tert-OH is 1. The molecule has 0 amide bonds. The Bertz CT molecular complexity index is 395. The van der Waals surface area contributed by atoms with Crippen LogP contribution in [0.1, 0.15) is 33.6 Å². The van der Waals surface area contributed by atoms with Gasteiger partial charge in [-0.3, -0.25) is 14.2 Å². The van der Waals surface area contributed by atoms with Gasteiger partial charge in [0, 0.05) is 12.2 Å². The maximum Gasteiger partial charge on any atom is 0.353 e. The van der Waals surface area contributed by atoms with E-state index in [0.717, 1.165) is 5.82 Å². The number of esters is 1. The summed E-state index contributed by atoms with van der Waals surface area (Å²) in [6.07, 6.45) is -0.656. The van der Waals surface area contributed by atoms with Crippen LogP contribution in [-0.2, 0) is 27.9 Å². The smallest absolute Gasteiger partial charge is 0.353 e. The fourth-order valence-electron chi connectivity index (χ4n) is 1.43. The predicted octanol–water partition coefficient (Wildman–Crippen LogP) is 2.04. The maximum atomic E-state index is 12.1. The van der Waals surface area contributed by atoms with Crippen LogP contribution in [0.5, 0.6) is 0 Å². The first-order chi connectivity index (χ1) is 9.86. The summed E-state index contributed by atoms with van der Waals surface area (Å²) in [7, 11) is -3.40. The number of ketones is 1. The van der Waals surface area contributed by atoms with Crippen LogP contribution in [0.25, 0.3) is 0 Å². The van der Waals surface area contributed by atoms with E-state index in [4.69, 9.17) is 9.05 Å². The van der Waals surface area contributed by atoms with Crippen LogP contribution >= 0.6 is 7.60 Å². The highest BCUT2D eigenvalue weighted by Crippen LogP contribution is 2.49. The van der Waals surface area contributed by atoms with Gasteiger partial charge >= 0.3 is 13.6 Å². The van der Waals surface area contributed by atoms with Gasteiger partial charge in [-0.25, -0.2) is 0 Å². The van der Waals surface area contributed by atoms with E-state index in [1.807, 2.05) is 0 Å². The molecule has 0 heterocycles. The van der Waals surface area contributed by atoms with Crippen molar-refractivity contribution in [1.82, 2.24) is 0 Å². The molecule has 0 saturated carbocycles. The minimum Gasteiger partial charge on any atom is -0.466 e. The summed E-state index contributed by atoms with van der Waals surface area (Å²) in [5.74, 6) is 0.0312. The van der Waals surface area contributed by atoms with E-state index in [2.05, 4.69) is 4.74 Å². The third-order valence-electron chi connectivity index (χ3n) is 2.19. The highest BCUT2D eigenvalue weighted by Gasteiger charge is 2.20. The minimum absolute atomic E-state index is 0.194. The minimum atomic E-state index is -3.40. The maximum absolute atomic E-state index is 12.1. The average Bonchev–Trinajstić information content (AvgIpc) is 2.37. The number of hydrogen-bond acceptors (Lipinski definition) is 7. The van der Waals surface area contributed by atoms with E-state index in [1.165, 1.54) is 6.08 Å². The normalized spacial score (nSPS) is 13.3. The molecule has 0 radical (unpaired) electrons. The molecule has 0 fully saturated rings. The van der Waals surface area contributed by atoms with Crippen LogP contribution in [0.15, 0.2) is 11.9 Å². The van der Waals surface area contributed by atoms with Crippen molar-refractivity contribution in [2.75, 3.05) is 19.8 Å². The van der Waals surface area contributed by atoms with Gasteiger partial charge in [-0.2, -0.15) is 0 Å². The lowest BCUT2D eigenvalue weighted by molar-refractivity contribution is -0.145. The van der Waals surface area contributed by atoms with Crippen LogP contribution in [0, 0.1) is 0 Å². The molecule has 0 aromatic carbocycles. The Balaban J connectivity index is 4.42. The van der Waals surface area contributed by atoms with E-state index in [-0.39, 0.29) is 26.2 Å². The third kappa shape index (κ3) is 9.52. The second kappa shape index (κ2) is 10.7. The molecule has 1 atom stereocenters. The summed E-state index contributed by atoms with van der Waals surface area (Å²) in [5, 5.41) is 9.67. The number of carbonyl (C=O) groups is 2. The quantitative estimate of drug-likeness (QED) is 0.353. The van der Waals surface area contributed by atoms with Gasteiger partial charge in [0.25, 0.3) is 0 Å². The molecular formula is C13H23O7P. The first-order valence-electron chi connectivity index (χ1n) is 6.80. The second-order valence-corrected chi connectivity index (χ2v) is 5.90. The van der Waals surface area contributed by atoms with Crippen LogP contribution in [0.2, 0.25) is 0 Å². The highest BCUT2D eigenvalue weighted by molar-refractivity contribution is 7.57. The Morgan fingerprint density at radius 2 is 1.71 bits per heavy atom. The van der Waals surface area contributed by atoms with Crippen LogP contribution in [-0.4, -0.2) is 42.8 Å². The van der Waals surface area contributed by atoms with Gasteiger partial charge in [0.15, 0.2) is 0 Å². The number of hydrogen-bond donors (Lipinski definition) is 1. The summed E-state index contributed by atoms with van der Waals surface area (Å²) < 4.78 is 26.7. The zero-order valence-corrected chi connectivity index (χ0v) is 13.5. The van der Waals surface area contributed by atoms with Crippen molar-refractivity contribution in [1.29, 1.82) is 0 Å². The number of aliphatic hydroxyl groups is 1. The molecule has 21 heavy (non-hydrogen) atoms. The topological polar surface area (TPSA) is 99.1 Å². The van der Waals surface area contributed by atoms with Crippen molar-refractivity contribution >= 4 is 19.3 Å². The average molecular weight is 322 g/mol. The van der Waals surface area contributed by atoms with Gasteiger partial charge in [-0.15, -0.1) is 0 Å². The lowest BCUT2D eigenvalue weighted by Crippen LogP contribution is -2.16. The monoisotopic (exact) mass is 322 g/mol. The van der Waals surface area contributed by atoms with E-state index in [9.17, 15) is 19.3 Å². The van der Waals surface area contributed by atoms with E-state index in [0.29, 0.717) is 0 Å². The largest absolute Gasteiger partial charge is 0.466 e. The fraction of sp³-hybridized carbons (Fsp3) is 0.692. The summed E-state index contributed by atoms with van der Waals surface area (Å²) in [6, 6.07) is 0. The van der Waals surface area contributed by atoms with Gasteiger partial charge in [-0.05, 0) is 26.8 Å². The summed E-state index contributed by atoms with van der Waals surface area (Å²) in [6.45, 7) is 5.55. The Kier molecular flexibility index (Phi) is 10.2. The Labute approximate surface area is 124 Å². The number of ether oxygens (including phenoxy) is 1. The van der Waals surface area contributed by atoms with Gasteiger partial charge in [0.05, 0.1) is 25.9 Å². The van der Waals surface area contributed by atoms with Crippen molar-refractivity contribution in [3.8, 4) is 0 Å². The van der Waals surface area contributed by atoms with Crippen molar-refractivity contribution in [2.45, 2.75) is 39.7 Å². The molecule has 0 aromatic heterocycles. The van der Waals surface area contributed by atoms with Gasteiger partial charge < -0.3 is 18.9 Å². The lowest BCUT2D eigenvalue weighted by Gasteiger charge is -2.13. The number of rotatable bonds is 11. The molecule has 7 nitrogen and oxygen atoms in total. The molecule has 0 unspecified atom stereocenters. The molecule has 0 aliphatic carbocycles. The van der Waals surface area contributed by atoms with E-state index >= 15 is 0 Å². The fourth-order valence-corrected chi connectivity index (χ4v) is 2.81. The number of carbonyl (C=O) groups excluding carboxylic acids is 2. The van der Waals surface area contributed by atoms with E-state index < -0.39 is 31.9 Å². The number of Topliss-reactive ketones (excluding diaryl/α,β-unsaturated/α-hetero) is 1. The summed E-state index contributed by atoms with van der Waals surface area (Å²) >= 11 is 0. The molecule has 0 aromatic rings. The molecule has 122 valence electrons. The third-order valence-corrected chi connectivity index (χ3v) is 3.97. The van der Waals surface area contributed by atoms with Crippen LogP contribution in [0.4, 0.5) is 0 Å². The zero-order valence-electron chi connectivity index (χ0n) is 12.6. The van der Waals surface area contributed by atoms with Crippen molar-refractivity contribution in [3.05, 3.63) is 11.9 Å². The van der Waals surface area contributed by atoms with Gasteiger partial charge in [0.1, 0.15) is 12.2 Å². The van der Waals surface area contributed by atoms with Crippen molar-refractivity contribution < 1.29 is 33.0 Å². The molecule has 0 spiro atoms. The van der Waals surface area contributed by atoms with Crippen LogP contribution < -0.4 is 0 Å². The molecule has 0 bridgehead atoms. The Morgan fingerprint density at radius 3 is 2.19 bits per heavy atom.